The SMILES string of the molecule is COCCCN(CC(=O)N(CCc1ccc(OC)c(OC)c1)Cc1sccc1C)C(=O)Nc1ccc(C)c(C)c1. The number of methoxy groups -OCH3 is 3. The molecule has 3 aromatic rings. The van der Waals surface area contributed by atoms with Crippen molar-refractivity contribution in [2.75, 3.05) is 52.9 Å². The van der Waals surface area contributed by atoms with Gasteiger partial charge in [0.2, 0.25) is 5.91 Å². The fourth-order valence-electron chi connectivity index (χ4n) is 4.27. The molecular formula is C31H41N3O5S. The number of carbonyl (C=O) groups excluding carboxylic acids is 2. The quantitative estimate of drug-likeness (QED) is 0.248. The largest absolute Gasteiger partial charge is 0.493 e. The van der Waals surface area contributed by atoms with Crippen LogP contribution in [0.4, 0.5) is 10.5 Å². The molecule has 0 bridgehead atoms. The van der Waals surface area contributed by atoms with Crippen molar-refractivity contribution in [1.82, 2.24) is 9.80 Å². The number of nitrogens with zero attached hydrogens (tertiary/aromatic N) is 2. The number of benzene rings is 2. The molecule has 3 amide bonds. The highest BCUT2D eigenvalue weighted by atomic mass is 32.1. The Bertz CT molecular complexity index is 1280. The van der Waals surface area contributed by atoms with Gasteiger partial charge in [0.15, 0.2) is 11.5 Å². The summed E-state index contributed by atoms with van der Waals surface area (Å²) < 4.78 is 16.0. The van der Waals surface area contributed by atoms with Gasteiger partial charge in [-0.1, -0.05) is 12.1 Å². The third kappa shape index (κ3) is 8.72. The first-order valence-electron chi connectivity index (χ1n) is 13.4. The molecule has 8 nitrogen and oxygen atoms in total. The van der Waals surface area contributed by atoms with Gasteiger partial charge in [-0.3, -0.25) is 4.79 Å². The van der Waals surface area contributed by atoms with Gasteiger partial charge in [-0.15, -0.1) is 11.3 Å². The minimum absolute atomic E-state index is 0.0310. The van der Waals surface area contributed by atoms with Crippen molar-refractivity contribution in [3.05, 3.63) is 75.0 Å². The maximum atomic E-state index is 13.8. The summed E-state index contributed by atoms with van der Waals surface area (Å²) in [7, 11) is 4.85. The van der Waals surface area contributed by atoms with Crippen LogP contribution < -0.4 is 14.8 Å². The van der Waals surface area contributed by atoms with Crippen molar-refractivity contribution in [2.45, 2.75) is 40.2 Å². The molecule has 0 saturated carbocycles. The van der Waals surface area contributed by atoms with E-state index in [1.54, 1.807) is 37.6 Å². The minimum Gasteiger partial charge on any atom is -0.493 e. The molecule has 0 fully saturated rings. The standard InChI is InChI=1S/C31H41N3O5S/c1-22-8-10-26(18-24(22)3)32-31(36)34(14-7-16-37-4)21-30(35)33(20-29-23(2)13-17-40-29)15-12-25-9-11-27(38-5)28(19-25)39-6/h8-11,13,17-19H,7,12,14-16,20-21H2,1-6H3,(H,32,36). The zero-order chi connectivity index (χ0) is 29.1. The molecule has 1 N–H and O–H groups in total. The average molecular weight is 568 g/mol. The predicted octanol–water partition coefficient (Wildman–Crippen LogP) is 5.83. The summed E-state index contributed by atoms with van der Waals surface area (Å²) in [5.74, 6) is 1.20. The molecular weight excluding hydrogens is 526 g/mol. The summed E-state index contributed by atoms with van der Waals surface area (Å²) in [5, 5.41) is 5.01. The maximum absolute atomic E-state index is 13.8. The fraction of sp³-hybridized carbons (Fsp3) is 0.419. The van der Waals surface area contributed by atoms with Gasteiger partial charge in [0, 0.05) is 37.4 Å². The molecule has 2 aromatic carbocycles. The molecule has 0 spiro atoms. The number of carbonyl (C=O) groups is 2. The van der Waals surface area contributed by atoms with Gasteiger partial charge < -0.3 is 29.3 Å². The van der Waals surface area contributed by atoms with Gasteiger partial charge >= 0.3 is 6.03 Å². The van der Waals surface area contributed by atoms with Crippen LogP contribution in [0.3, 0.4) is 0 Å². The summed E-state index contributed by atoms with van der Waals surface area (Å²) in [4.78, 5) is 31.6. The first-order chi connectivity index (χ1) is 19.2. The van der Waals surface area contributed by atoms with E-state index < -0.39 is 0 Å². The van der Waals surface area contributed by atoms with E-state index >= 15 is 0 Å². The van der Waals surface area contributed by atoms with Gasteiger partial charge in [0.1, 0.15) is 6.54 Å². The summed E-state index contributed by atoms with van der Waals surface area (Å²) in [6, 6.07) is 13.3. The number of thiophene rings is 1. The Labute approximate surface area is 241 Å². The summed E-state index contributed by atoms with van der Waals surface area (Å²) >= 11 is 1.63. The van der Waals surface area contributed by atoms with E-state index in [1.807, 2.05) is 60.5 Å². The smallest absolute Gasteiger partial charge is 0.322 e. The number of hydrogen-bond acceptors (Lipinski definition) is 6. The molecule has 3 rings (SSSR count). The van der Waals surface area contributed by atoms with Crippen molar-refractivity contribution in [3.8, 4) is 11.5 Å². The molecule has 0 aliphatic heterocycles. The topological polar surface area (TPSA) is 80.3 Å². The first-order valence-corrected chi connectivity index (χ1v) is 14.3. The van der Waals surface area contributed by atoms with Crippen LogP contribution in [0.2, 0.25) is 0 Å². The molecule has 9 heteroatoms. The van der Waals surface area contributed by atoms with Crippen LogP contribution in [-0.4, -0.2) is 69.3 Å². The van der Waals surface area contributed by atoms with Crippen LogP contribution in [0.15, 0.2) is 47.8 Å². The van der Waals surface area contributed by atoms with Crippen LogP contribution in [0.25, 0.3) is 0 Å². The molecule has 1 heterocycles. The number of ether oxygens (including phenoxy) is 3. The number of urea groups is 1. The minimum atomic E-state index is -0.306. The molecule has 0 atom stereocenters. The number of anilines is 1. The second-order valence-corrected chi connectivity index (χ2v) is 10.8. The van der Waals surface area contributed by atoms with E-state index in [9.17, 15) is 9.59 Å². The van der Waals surface area contributed by atoms with Gasteiger partial charge in [-0.2, -0.15) is 0 Å². The Morgan fingerprint density at radius 3 is 2.27 bits per heavy atom. The lowest BCUT2D eigenvalue weighted by Crippen LogP contribution is -2.45. The number of nitrogens with one attached hydrogen (secondary N) is 1. The number of rotatable bonds is 14. The molecule has 216 valence electrons. The highest BCUT2D eigenvalue weighted by Gasteiger charge is 2.23. The summed E-state index contributed by atoms with van der Waals surface area (Å²) in [6.45, 7) is 7.94. The Morgan fingerprint density at radius 1 is 0.850 bits per heavy atom. The molecule has 0 unspecified atom stereocenters. The number of hydrogen-bond donors (Lipinski definition) is 1. The van der Waals surface area contributed by atoms with Crippen LogP contribution in [0.5, 0.6) is 11.5 Å². The third-order valence-electron chi connectivity index (χ3n) is 6.92. The van der Waals surface area contributed by atoms with Crippen LogP contribution in [-0.2, 0) is 22.5 Å². The van der Waals surface area contributed by atoms with Crippen molar-refractivity contribution in [1.29, 1.82) is 0 Å². The van der Waals surface area contributed by atoms with Gasteiger partial charge in [-0.25, -0.2) is 4.79 Å². The van der Waals surface area contributed by atoms with E-state index in [4.69, 9.17) is 14.2 Å². The van der Waals surface area contributed by atoms with E-state index in [-0.39, 0.29) is 18.5 Å². The molecule has 1 aromatic heterocycles. The van der Waals surface area contributed by atoms with Gasteiger partial charge in [-0.05, 0) is 91.6 Å². The maximum Gasteiger partial charge on any atom is 0.322 e. The van der Waals surface area contributed by atoms with Crippen LogP contribution in [0.1, 0.15) is 33.6 Å². The molecule has 0 radical (unpaired) electrons. The second-order valence-electron chi connectivity index (χ2n) is 9.78. The molecule has 40 heavy (non-hydrogen) atoms. The fourth-order valence-corrected chi connectivity index (χ4v) is 5.19. The third-order valence-corrected chi connectivity index (χ3v) is 7.93. The Balaban J connectivity index is 1.78. The predicted molar refractivity (Wildman–Crippen MR) is 161 cm³/mol. The summed E-state index contributed by atoms with van der Waals surface area (Å²) in [5.41, 5.74) is 5.13. The van der Waals surface area contributed by atoms with Crippen molar-refractivity contribution >= 4 is 29.0 Å². The van der Waals surface area contributed by atoms with E-state index in [2.05, 4.69) is 18.3 Å². The lowest BCUT2D eigenvalue weighted by molar-refractivity contribution is -0.132. The van der Waals surface area contributed by atoms with E-state index in [0.29, 0.717) is 56.3 Å². The Kier molecular flexibility index (Phi) is 11.8. The average Bonchev–Trinajstić information content (AvgIpc) is 3.36. The van der Waals surface area contributed by atoms with Crippen LogP contribution >= 0.6 is 11.3 Å². The first kappa shape index (κ1) is 31.0. The van der Waals surface area contributed by atoms with Crippen molar-refractivity contribution in [3.63, 3.8) is 0 Å². The lowest BCUT2D eigenvalue weighted by Gasteiger charge is -2.28. The van der Waals surface area contributed by atoms with Crippen molar-refractivity contribution < 1.29 is 23.8 Å². The van der Waals surface area contributed by atoms with Gasteiger partial charge in [0.05, 0.1) is 20.8 Å². The molecule has 0 aliphatic rings. The van der Waals surface area contributed by atoms with E-state index in [0.717, 1.165) is 27.1 Å². The highest BCUT2D eigenvalue weighted by Crippen LogP contribution is 2.28. The molecule has 0 saturated heterocycles. The second kappa shape index (κ2) is 15.3. The monoisotopic (exact) mass is 567 g/mol. The zero-order valence-corrected chi connectivity index (χ0v) is 25.2. The normalized spacial score (nSPS) is 10.8. The number of amides is 3. The van der Waals surface area contributed by atoms with Crippen molar-refractivity contribution in [2.24, 2.45) is 0 Å². The van der Waals surface area contributed by atoms with Gasteiger partial charge in [0.25, 0.3) is 0 Å². The highest BCUT2D eigenvalue weighted by molar-refractivity contribution is 7.10. The zero-order valence-electron chi connectivity index (χ0n) is 24.4. The Hall–Kier alpha value is -3.56. The Morgan fingerprint density at radius 2 is 1.62 bits per heavy atom. The summed E-state index contributed by atoms with van der Waals surface area (Å²) in [6.07, 6.45) is 1.26. The lowest BCUT2D eigenvalue weighted by atomic mass is 10.1. The molecule has 0 aliphatic carbocycles. The van der Waals surface area contributed by atoms with Crippen LogP contribution in [0, 0.1) is 20.8 Å². The number of aryl methyl sites for hydroxylation is 3. The van der Waals surface area contributed by atoms with E-state index in [1.165, 1.54) is 0 Å².